The van der Waals surface area contributed by atoms with E-state index >= 15 is 0 Å². The Morgan fingerprint density at radius 2 is 1.75 bits per heavy atom. The van der Waals surface area contributed by atoms with Gasteiger partial charge in [0.1, 0.15) is 0 Å². The number of carboxylic acids is 1. The molecule has 0 radical (unpaired) electrons. The average molecular weight is 384 g/mol. The van der Waals surface area contributed by atoms with E-state index in [0.717, 1.165) is 31.4 Å². The van der Waals surface area contributed by atoms with Gasteiger partial charge in [0.2, 0.25) is 10.0 Å². The van der Waals surface area contributed by atoms with Crippen molar-refractivity contribution in [3.05, 3.63) is 0 Å². The molecule has 0 saturated carbocycles. The van der Waals surface area contributed by atoms with Crippen LogP contribution in [0.5, 0.6) is 0 Å². The number of aliphatic carboxylic acids is 1. The minimum absolute atomic E-state index is 0.170. The first-order chi connectivity index (χ1) is 11.3. The van der Waals surface area contributed by atoms with Crippen LogP contribution in [-0.4, -0.2) is 65.9 Å². The standard InChI is InChI=1S/C16H33NO5S2/c1-3-13-23-14-15(18)9-8-12-17(24(2,21)22)11-7-5-4-6-10-16(19)20/h15,18H,3-14H2,1-2H3,(H,19,20). The van der Waals surface area contributed by atoms with Gasteiger partial charge in [-0.15, -0.1) is 0 Å². The van der Waals surface area contributed by atoms with Crippen LogP contribution < -0.4 is 0 Å². The van der Waals surface area contributed by atoms with Gasteiger partial charge in [0.15, 0.2) is 0 Å². The number of carbonyl (C=O) groups is 1. The molecule has 0 rings (SSSR count). The number of hydrogen-bond acceptors (Lipinski definition) is 5. The summed E-state index contributed by atoms with van der Waals surface area (Å²) in [6.45, 7) is 3.00. The molecule has 0 aliphatic heterocycles. The van der Waals surface area contributed by atoms with Crippen LogP contribution in [0.4, 0.5) is 0 Å². The molecule has 0 aliphatic rings. The van der Waals surface area contributed by atoms with E-state index in [2.05, 4.69) is 6.92 Å². The van der Waals surface area contributed by atoms with Gasteiger partial charge in [-0.2, -0.15) is 11.8 Å². The molecule has 2 N–H and O–H groups in total. The molecule has 8 heteroatoms. The maximum atomic E-state index is 11.8. The quantitative estimate of drug-likeness (QED) is 0.398. The minimum Gasteiger partial charge on any atom is -0.481 e. The maximum absolute atomic E-state index is 11.8. The van der Waals surface area contributed by atoms with Gasteiger partial charge in [0.25, 0.3) is 0 Å². The van der Waals surface area contributed by atoms with Crippen molar-refractivity contribution in [1.29, 1.82) is 0 Å². The number of sulfonamides is 1. The molecular weight excluding hydrogens is 350 g/mol. The Bertz CT molecular complexity index is 428. The normalized spacial score (nSPS) is 13.3. The first kappa shape index (κ1) is 23.7. The number of hydrogen-bond donors (Lipinski definition) is 2. The Morgan fingerprint density at radius 1 is 1.12 bits per heavy atom. The maximum Gasteiger partial charge on any atom is 0.303 e. The molecule has 1 unspecified atom stereocenters. The van der Waals surface area contributed by atoms with E-state index in [-0.39, 0.29) is 12.5 Å². The van der Waals surface area contributed by atoms with Crippen LogP contribution in [0.2, 0.25) is 0 Å². The third-order valence-electron chi connectivity index (χ3n) is 3.62. The summed E-state index contributed by atoms with van der Waals surface area (Å²) < 4.78 is 25.1. The lowest BCUT2D eigenvalue weighted by atomic mass is 10.1. The Kier molecular flexibility index (Phi) is 13.7. The third kappa shape index (κ3) is 14.1. The van der Waals surface area contributed by atoms with Gasteiger partial charge >= 0.3 is 5.97 Å². The molecule has 24 heavy (non-hydrogen) atoms. The summed E-state index contributed by atoms with van der Waals surface area (Å²) >= 11 is 1.73. The monoisotopic (exact) mass is 383 g/mol. The Labute approximate surface area is 151 Å². The van der Waals surface area contributed by atoms with E-state index in [1.807, 2.05) is 0 Å². The molecule has 144 valence electrons. The van der Waals surface area contributed by atoms with Crippen molar-refractivity contribution in [2.75, 3.05) is 30.9 Å². The molecule has 0 aromatic rings. The summed E-state index contributed by atoms with van der Waals surface area (Å²) in [5, 5.41) is 18.4. The molecule has 6 nitrogen and oxygen atoms in total. The number of carboxylic acid groups (broad SMARTS) is 1. The predicted octanol–water partition coefficient (Wildman–Crippen LogP) is 2.57. The zero-order chi connectivity index (χ0) is 18.4. The highest BCUT2D eigenvalue weighted by Gasteiger charge is 2.16. The molecule has 0 aromatic heterocycles. The van der Waals surface area contributed by atoms with Gasteiger partial charge in [0, 0.05) is 25.3 Å². The van der Waals surface area contributed by atoms with E-state index in [1.54, 1.807) is 11.8 Å². The summed E-state index contributed by atoms with van der Waals surface area (Å²) in [6.07, 6.45) is 6.37. The van der Waals surface area contributed by atoms with Gasteiger partial charge < -0.3 is 10.2 Å². The highest BCUT2D eigenvalue weighted by Crippen LogP contribution is 2.11. The highest BCUT2D eigenvalue weighted by atomic mass is 32.2. The highest BCUT2D eigenvalue weighted by molar-refractivity contribution is 7.99. The predicted molar refractivity (Wildman–Crippen MR) is 100.0 cm³/mol. The number of unbranched alkanes of at least 4 members (excludes halogenated alkanes) is 3. The molecule has 0 spiro atoms. The van der Waals surface area contributed by atoms with Crippen LogP contribution in [0.15, 0.2) is 0 Å². The fourth-order valence-corrected chi connectivity index (χ4v) is 4.13. The summed E-state index contributed by atoms with van der Waals surface area (Å²) in [7, 11) is -3.24. The van der Waals surface area contributed by atoms with E-state index in [0.29, 0.717) is 38.1 Å². The van der Waals surface area contributed by atoms with Crippen molar-refractivity contribution in [3.63, 3.8) is 0 Å². The lowest BCUT2D eigenvalue weighted by Gasteiger charge is -2.20. The van der Waals surface area contributed by atoms with Gasteiger partial charge in [-0.05, 0) is 37.9 Å². The average Bonchev–Trinajstić information content (AvgIpc) is 2.47. The topological polar surface area (TPSA) is 94.9 Å². The first-order valence-electron chi connectivity index (χ1n) is 8.70. The largest absolute Gasteiger partial charge is 0.481 e. The number of aliphatic hydroxyl groups excluding tert-OH is 1. The second-order valence-electron chi connectivity index (χ2n) is 6.09. The fraction of sp³-hybridized carbons (Fsp3) is 0.938. The van der Waals surface area contributed by atoms with Crippen LogP contribution in [-0.2, 0) is 14.8 Å². The summed E-state index contributed by atoms with van der Waals surface area (Å²) in [6, 6.07) is 0. The smallest absolute Gasteiger partial charge is 0.303 e. The van der Waals surface area contributed by atoms with Crippen LogP contribution in [0.25, 0.3) is 0 Å². The Morgan fingerprint density at radius 3 is 2.33 bits per heavy atom. The van der Waals surface area contributed by atoms with Gasteiger partial charge in [0.05, 0.1) is 12.4 Å². The number of aliphatic hydroxyl groups is 1. The summed E-state index contributed by atoms with van der Waals surface area (Å²) in [5.74, 6) is 0.952. The van der Waals surface area contributed by atoms with Crippen molar-refractivity contribution >= 4 is 27.8 Å². The summed E-state index contributed by atoms with van der Waals surface area (Å²) in [4.78, 5) is 10.4. The van der Waals surface area contributed by atoms with E-state index < -0.39 is 16.0 Å². The van der Waals surface area contributed by atoms with Crippen molar-refractivity contribution in [3.8, 4) is 0 Å². The molecule has 0 heterocycles. The molecule has 0 aliphatic carbocycles. The Hall–Kier alpha value is -0.310. The van der Waals surface area contributed by atoms with E-state index in [4.69, 9.17) is 5.11 Å². The number of nitrogens with zero attached hydrogens (tertiary/aromatic N) is 1. The van der Waals surface area contributed by atoms with Crippen molar-refractivity contribution in [1.82, 2.24) is 4.31 Å². The van der Waals surface area contributed by atoms with E-state index in [1.165, 1.54) is 10.6 Å². The van der Waals surface area contributed by atoms with Gasteiger partial charge in [-0.1, -0.05) is 19.8 Å². The van der Waals surface area contributed by atoms with Crippen LogP contribution >= 0.6 is 11.8 Å². The van der Waals surface area contributed by atoms with Crippen LogP contribution in [0.1, 0.15) is 58.3 Å². The van der Waals surface area contributed by atoms with Crippen molar-refractivity contribution in [2.45, 2.75) is 64.4 Å². The number of rotatable bonds is 16. The SMILES string of the molecule is CCCSCC(O)CCCN(CCCCCCC(=O)O)S(C)(=O)=O. The zero-order valence-corrected chi connectivity index (χ0v) is 16.6. The molecule has 0 bridgehead atoms. The molecular formula is C16H33NO5S2. The third-order valence-corrected chi connectivity index (χ3v) is 6.24. The zero-order valence-electron chi connectivity index (χ0n) is 14.9. The lowest BCUT2D eigenvalue weighted by Crippen LogP contribution is -2.32. The minimum atomic E-state index is -3.24. The van der Waals surface area contributed by atoms with Crippen molar-refractivity contribution < 1.29 is 23.4 Å². The molecule has 0 aromatic carbocycles. The second kappa shape index (κ2) is 13.9. The Balaban J connectivity index is 3.96. The van der Waals surface area contributed by atoms with Crippen LogP contribution in [0, 0.1) is 0 Å². The van der Waals surface area contributed by atoms with Crippen molar-refractivity contribution in [2.24, 2.45) is 0 Å². The van der Waals surface area contributed by atoms with Crippen LogP contribution in [0.3, 0.4) is 0 Å². The fourth-order valence-electron chi connectivity index (χ4n) is 2.31. The van der Waals surface area contributed by atoms with Gasteiger partial charge in [-0.25, -0.2) is 12.7 Å². The molecule has 1 atom stereocenters. The number of thioether (sulfide) groups is 1. The second-order valence-corrected chi connectivity index (χ2v) is 9.22. The lowest BCUT2D eigenvalue weighted by molar-refractivity contribution is -0.137. The molecule has 0 amide bonds. The summed E-state index contributed by atoms with van der Waals surface area (Å²) in [5.41, 5.74) is 0. The molecule has 0 saturated heterocycles. The van der Waals surface area contributed by atoms with Gasteiger partial charge in [-0.3, -0.25) is 4.79 Å². The molecule has 0 fully saturated rings. The van der Waals surface area contributed by atoms with E-state index in [9.17, 15) is 18.3 Å². The first-order valence-corrected chi connectivity index (χ1v) is 11.7.